The molecule has 5 heteroatoms. The second kappa shape index (κ2) is 4.82. The Hall–Kier alpha value is -1.10. The quantitative estimate of drug-likeness (QED) is 0.611. The van der Waals surface area contributed by atoms with Gasteiger partial charge in [-0.25, -0.2) is 0 Å². The zero-order valence-electron chi connectivity index (χ0n) is 10.2. The Morgan fingerprint density at radius 1 is 1.50 bits per heavy atom. The van der Waals surface area contributed by atoms with Crippen LogP contribution < -0.4 is 16.4 Å². The van der Waals surface area contributed by atoms with E-state index in [0.717, 1.165) is 13.0 Å². The van der Waals surface area contributed by atoms with Crippen molar-refractivity contribution in [2.45, 2.75) is 33.2 Å². The molecule has 92 valence electrons. The Morgan fingerprint density at radius 2 is 2.12 bits per heavy atom. The highest BCUT2D eigenvalue weighted by atomic mass is 16.2. The van der Waals surface area contributed by atoms with Crippen molar-refractivity contribution in [1.29, 1.82) is 0 Å². The highest BCUT2D eigenvalue weighted by molar-refractivity contribution is 5.84. The zero-order valence-corrected chi connectivity index (χ0v) is 10.2. The van der Waals surface area contributed by atoms with Crippen LogP contribution in [0.25, 0.3) is 0 Å². The smallest absolute Gasteiger partial charge is 0.237 e. The van der Waals surface area contributed by atoms with E-state index < -0.39 is 11.3 Å². The first-order valence-electron chi connectivity index (χ1n) is 5.65. The molecule has 0 aromatic carbocycles. The standard InChI is InChI=1S/C11H21N3O2/c1-7-4-5-13-8(7)9(15)14-6-11(2,3)10(12)16/h7-8,13H,4-6H2,1-3H3,(H2,12,16)(H,14,15). The summed E-state index contributed by atoms with van der Waals surface area (Å²) in [4.78, 5) is 22.9. The molecular weight excluding hydrogens is 206 g/mol. The summed E-state index contributed by atoms with van der Waals surface area (Å²) in [6, 6.07) is -0.135. The lowest BCUT2D eigenvalue weighted by Gasteiger charge is -2.23. The largest absolute Gasteiger partial charge is 0.369 e. The van der Waals surface area contributed by atoms with E-state index >= 15 is 0 Å². The van der Waals surface area contributed by atoms with Crippen LogP contribution in [0.3, 0.4) is 0 Å². The van der Waals surface area contributed by atoms with Gasteiger partial charge < -0.3 is 16.4 Å². The molecule has 0 aliphatic carbocycles. The van der Waals surface area contributed by atoms with Gasteiger partial charge in [0.1, 0.15) is 0 Å². The molecule has 1 aliphatic heterocycles. The fourth-order valence-electron chi connectivity index (χ4n) is 1.69. The van der Waals surface area contributed by atoms with Gasteiger partial charge in [0, 0.05) is 6.54 Å². The van der Waals surface area contributed by atoms with Crippen molar-refractivity contribution in [2.75, 3.05) is 13.1 Å². The average Bonchev–Trinajstić information content (AvgIpc) is 2.61. The summed E-state index contributed by atoms with van der Waals surface area (Å²) in [6.07, 6.45) is 1.01. The van der Waals surface area contributed by atoms with Gasteiger partial charge in [0.15, 0.2) is 0 Å². The third-order valence-corrected chi connectivity index (χ3v) is 3.19. The van der Waals surface area contributed by atoms with Crippen LogP contribution in [0.5, 0.6) is 0 Å². The predicted octanol–water partition coefficient (Wildman–Crippen LogP) is -0.388. The second-order valence-electron chi connectivity index (χ2n) is 5.16. The first kappa shape index (κ1) is 13.0. The molecule has 1 heterocycles. The molecule has 16 heavy (non-hydrogen) atoms. The van der Waals surface area contributed by atoms with Gasteiger partial charge in [-0.05, 0) is 32.7 Å². The van der Waals surface area contributed by atoms with Crippen LogP contribution in [0.15, 0.2) is 0 Å². The summed E-state index contributed by atoms with van der Waals surface area (Å²) in [6.45, 7) is 6.65. The number of carbonyl (C=O) groups excluding carboxylic acids is 2. The van der Waals surface area contributed by atoms with Crippen molar-refractivity contribution in [3.05, 3.63) is 0 Å². The number of rotatable bonds is 4. The van der Waals surface area contributed by atoms with Gasteiger partial charge in [0.05, 0.1) is 11.5 Å². The molecular formula is C11H21N3O2. The SMILES string of the molecule is CC1CCNC1C(=O)NCC(C)(C)C(N)=O. The van der Waals surface area contributed by atoms with Crippen molar-refractivity contribution in [1.82, 2.24) is 10.6 Å². The van der Waals surface area contributed by atoms with Crippen LogP contribution in [-0.2, 0) is 9.59 Å². The third kappa shape index (κ3) is 2.95. The van der Waals surface area contributed by atoms with Crippen LogP contribution in [-0.4, -0.2) is 30.9 Å². The van der Waals surface area contributed by atoms with E-state index in [2.05, 4.69) is 10.6 Å². The minimum atomic E-state index is -0.697. The van der Waals surface area contributed by atoms with Gasteiger partial charge >= 0.3 is 0 Å². The number of nitrogens with two attached hydrogens (primary N) is 1. The molecule has 0 saturated carbocycles. The number of nitrogens with one attached hydrogen (secondary N) is 2. The molecule has 2 atom stereocenters. The maximum atomic E-state index is 11.8. The van der Waals surface area contributed by atoms with Crippen molar-refractivity contribution >= 4 is 11.8 Å². The molecule has 2 unspecified atom stereocenters. The lowest BCUT2D eigenvalue weighted by Crippen LogP contribution is -2.48. The maximum Gasteiger partial charge on any atom is 0.237 e. The van der Waals surface area contributed by atoms with Crippen molar-refractivity contribution in [2.24, 2.45) is 17.1 Å². The van der Waals surface area contributed by atoms with Crippen LogP contribution in [0.1, 0.15) is 27.2 Å². The van der Waals surface area contributed by atoms with Gasteiger partial charge in [-0.15, -0.1) is 0 Å². The lowest BCUT2D eigenvalue weighted by atomic mass is 9.92. The highest BCUT2D eigenvalue weighted by Crippen LogP contribution is 2.16. The normalized spacial score (nSPS) is 25.4. The second-order valence-corrected chi connectivity index (χ2v) is 5.16. The maximum absolute atomic E-state index is 11.8. The fourth-order valence-corrected chi connectivity index (χ4v) is 1.69. The molecule has 1 rings (SSSR count). The summed E-state index contributed by atoms with van der Waals surface area (Å²) in [5, 5.41) is 5.92. The summed E-state index contributed by atoms with van der Waals surface area (Å²) in [7, 11) is 0. The van der Waals surface area contributed by atoms with Gasteiger partial charge in [-0.2, -0.15) is 0 Å². The first-order valence-corrected chi connectivity index (χ1v) is 5.65. The summed E-state index contributed by atoms with van der Waals surface area (Å²) >= 11 is 0. The monoisotopic (exact) mass is 227 g/mol. The highest BCUT2D eigenvalue weighted by Gasteiger charge is 2.31. The molecule has 0 aromatic rings. The summed E-state index contributed by atoms with van der Waals surface area (Å²) in [5.74, 6) is -0.101. The Morgan fingerprint density at radius 3 is 2.56 bits per heavy atom. The molecule has 1 fully saturated rings. The molecule has 0 bridgehead atoms. The van der Waals surface area contributed by atoms with Gasteiger partial charge in [-0.1, -0.05) is 6.92 Å². The topological polar surface area (TPSA) is 84.2 Å². The minimum absolute atomic E-state index is 0.0423. The van der Waals surface area contributed by atoms with Gasteiger partial charge in [0.2, 0.25) is 11.8 Å². The Bertz CT molecular complexity index is 289. The number of primary amides is 1. The molecule has 1 saturated heterocycles. The van der Waals surface area contributed by atoms with Crippen LogP contribution in [0.2, 0.25) is 0 Å². The Balaban J connectivity index is 2.44. The Labute approximate surface area is 96.1 Å². The summed E-state index contributed by atoms with van der Waals surface area (Å²) in [5.41, 5.74) is 4.53. The van der Waals surface area contributed by atoms with E-state index in [9.17, 15) is 9.59 Å². The van der Waals surface area contributed by atoms with Crippen LogP contribution >= 0.6 is 0 Å². The molecule has 0 radical (unpaired) electrons. The average molecular weight is 227 g/mol. The van der Waals surface area contributed by atoms with Crippen molar-refractivity contribution in [3.8, 4) is 0 Å². The predicted molar refractivity (Wildman–Crippen MR) is 61.6 cm³/mol. The van der Waals surface area contributed by atoms with E-state index in [1.165, 1.54) is 0 Å². The lowest BCUT2D eigenvalue weighted by molar-refractivity contribution is -0.127. The van der Waals surface area contributed by atoms with Gasteiger partial charge in [0.25, 0.3) is 0 Å². The Kier molecular flexibility index (Phi) is 3.91. The molecule has 1 aliphatic rings. The van der Waals surface area contributed by atoms with E-state index in [-0.39, 0.29) is 18.5 Å². The number of hydrogen-bond donors (Lipinski definition) is 3. The molecule has 4 N–H and O–H groups in total. The molecule has 5 nitrogen and oxygen atoms in total. The number of amides is 2. The zero-order chi connectivity index (χ0) is 12.3. The third-order valence-electron chi connectivity index (χ3n) is 3.19. The fraction of sp³-hybridized carbons (Fsp3) is 0.818. The van der Waals surface area contributed by atoms with Gasteiger partial charge in [-0.3, -0.25) is 9.59 Å². The van der Waals surface area contributed by atoms with Crippen LogP contribution in [0, 0.1) is 11.3 Å². The summed E-state index contributed by atoms with van der Waals surface area (Å²) < 4.78 is 0. The first-order chi connectivity index (χ1) is 7.34. The molecule has 0 spiro atoms. The van der Waals surface area contributed by atoms with E-state index in [0.29, 0.717) is 5.92 Å². The van der Waals surface area contributed by atoms with Crippen molar-refractivity contribution < 1.29 is 9.59 Å². The van der Waals surface area contributed by atoms with Crippen LogP contribution in [0.4, 0.5) is 0 Å². The number of carbonyl (C=O) groups is 2. The number of hydrogen-bond acceptors (Lipinski definition) is 3. The van der Waals surface area contributed by atoms with E-state index in [4.69, 9.17) is 5.73 Å². The molecule has 2 amide bonds. The van der Waals surface area contributed by atoms with E-state index in [1.54, 1.807) is 13.8 Å². The molecule has 0 aromatic heterocycles. The minimum Gasteiger partial charge on any atom is -0.369 e. The van der Waals surface area contributed by atoms with E-state index in [1.807, 2.05) is 6.92 Å². The van der Waals surface area contributed by atoms with Crippen molar-refractivity contribution in [3.63, 3.8) is 0 Å².